The number of thiazole rings is 1. The molecule has 4 rings (SSSR count). The van der Waals surface area contributed by atoms with Crippen LogP contribution in [0.3, 0.4) is 0 Å². The SMILES string of the molecule is O=S(=O)(c1ccccc1)N1CCN(Cc2nc(-c3ccccc3)cs2)CC1. The van der Waals surface area contributed by atoms with Crippen molar-refractivity contribution in [1.82, 2.24) is 14.2 Å². The second-order valence-electron chi connectivity index (χ2n) is 6.49. The van der Waals surface area contributed by atoms with Gasteiger partial charge in [0.1, 0.15) is 5.01 Å². The summed E-state index contributed by atoms with van der Waals surface area (Å²) in [6.45, 7) is 3.21. The molecule has 3 aromatic rings. The molecule has 1 aliphatic rings. The number of sulfonamides is 1. The van der Waals surface area contributed by atoms with Crippen molar-refractivity contribution in [3.05, 3.63) is 71.1 Å². The van der Waals surface area contributed by atoms with Crippen LogP contribution in [0.5, 0.6) is 0 Å². The fourth-order valence-corrected chi connectivity index (χ4v) is 5.47. The zero-order valence-electron chi connectivity index (χ0n) is 14.9. The third kappa shape index (κ3) is 4.11. The van der Waals surface area contributed by atoms with Gasteiger partial charge in [-0.25, -0.2) is 13.4 Å². The van der Waals surface area contributed by atoms with Gasteiger partial charge in [-0.3, -0.25) is 4.90 Å². The minimum Gasteiger partial charge on any atom is -0.294 e. The highest BCUT2D eigenvalue weighted by Crippen LogP contribution is 2.23. The van der Waals surface area contributed by atoms with E-state index < -0.39 is 10.0 Å². The van der Waals surface area contributed by atoms with Crippen LogP contribution in [-0.2, 0) is 16.6 Å². The first-order chi connectivity index (χ1) is 13.1. The number of nitrogens with zero attached hydrogens (tertiary/aromatic N) is 3. The van der Waals surface area contributed by atoms with Crippen molar-refractivity contribution >= 4 is 21.4 Å². The molecule has 0 radical (unpaired) electrons. The van der Waals surface area contributed by atoms with Gasteiger partial charge in [-0.05, 0) is 12.1 Å². The third-order valence-corrected chi connectivity index (χ3v) is 7.44. The zero-order chi connectivity index (χ0) is 18.7. The Balaban J connectivity index is 1.37. The molecule has 1 aromatic heterocycles. The number of hydrogen-bond donors (Lipinski definition) is 0. The Morgan fingerprint density at radius 1 is 0.889 bits per heavy atom. The second-order valence-corrected chi connectivity index (χ2v) is 9.37. The smallest absolute Gasteiger partial charge is 0.243 e. The fourth-order valence-electron chi connectivity index (χ4n) is 3.19. The normalized spacial score (nSPS) is 16.4. The number of piperazine rings is 1. The summed E-state index contributed by atoms with van der Waals surface area (Å²) in [6, 6.07) is 18.8. The van der Waals surface area contributed by atoms with Crippen LogP contribution < -0.4 is 0 Å². The van der Waals surface area contributed by atoms with Crippen molar-refractivity contribution in [2.24, 2.45) is 0 Å². The molecule has 0 atom stereocenters. The van der Waals surface area contributed by atoms with E-state index in [2.05, 4.69) is 22.4 Å². The monoisotopic (exact) mass is 399 g/mol. The van der Waals surface area contributed by atoms with Crippen LogP contribution in [0.4, 0.5) is 0 Å². The first kappa shape index (κ1) is 18.3. The largest absolute Gasteiger partial charge is 0.294 e. The lowest BCUT2D eigenvalue weighted by Gasteiger charge is -2.33. The molecule has 0 N–H and O–H groups in total. The standard InChI is InChI=1S/C20H21N3O2S2/c24-27(25,18-9-5-2-6-10-18)23-13-11-22(12-14-23)15-20-21-19(16-26-20)17-7-3-1-4-8-17/h1-10,16H,11-15H2. The number of aromatic nitrogens is 1. The average molecular weight is 400 g/mol. The lowest BCUT2D eigenvalue weighted by molar-refractivity contribution is 0.181. The Morgan fingerprint density at radius 3 is 2.19 bits per heavy atom. The molecule has 27 heavy (non-hydrogen) atoms. The van der Waals surface area contributed by atoms with Gasteiger partial charge in [0.2, 0.25) is 10.0 Å². The highest BCUT2D eigenvalue weighted by Gasteiger charge is 2.28. The van der Waals surface area contributed by atoms with Gasteiger partial charge in [0.15, 0.2) is 0 Å². The van der Waals surface area contributed by atoms with E-state index in [1.165, 1.54) is 0 Å². The highest BCUT2D eigenvalue weighted by atomic mass is 32.2. The molecule has 7 heteroatoms. The molecule has 5 nitrogen and oxygen atoms in total. The van der Waals surface area contributed by atoms with Crippen LogP contribution in [0.15, 0.2) is 70.9 Å². The Morgan fingerprint density at radius 2 is 1.52 bits per heavy atom. The molecule has 2 heterocycles. The van der Waals surface area contributed by atoms with E-state index in [1.54, 1.807) is 39.9 Å². The molecule has 1 saturated heterocycles. The Kier molecular flexibility index (Phi) is 5.36. The van der Waals surface area contributed by atoms with Crippen molar-refractivity contribution in [1.29, 1.82) is 0 Å². The van der Waals surface area contributed by atoms with Crippen molar-refractivity contribution in [2.45, 2.75) is 11.4 Å². The quantitative estimate of drug-likeness (QED) is 0.660. The Hall–Kier alpha value is -2.06. The fraction of sp³-hybridized carbons (Fsp3) is 0.250. The number of hydrogen-bond acceptors (Lipinski definition) is 5. The van der Waals surface area contributed by atoms with Crippen LogP contribution in [-0.4, -0.2) is 48.8 Å². The zero-order valence-corrected chi connectivity index (χ0v) is 16.5. The summed E-state index contributed by atoms with van der Waals surface area (Å²) in [4.78, 5) is 7.37. The average Bonchev–Trinajstić information content (AvgIpc) is 3.18. The molecule has 1 fully saturated rings. The van der Waals surface area contributed by atoms with E-state index in [9.17, 15) is 8.42 Å². The van der Waals surface area contributed by atoms with Gasteiger partial charge in [0.25, 0.3) is 0 Å². The number of rotatable bonds is 5. The lowest BCUT2D eigenvalue weighted by atomic mass is 10.2. The minimum atomic E-state index is -3.40. The van der Waals surface area contributed by atoms with Gasteiger partial charge >= 0.3 is 0 Å². The maximum atomic E-state index is 12.7. The first-order valence-electron chi connectivity index (χ1n) is 8.90. The van der Waals surface area contributed by atoms with Gasteiger partial charge in [0.05, 0.1) is 17.1 Å². The highest BCUT2D eigenvalue weighted by molar-refractivity contribution is 7.89. The molecule has 0 amide bonds. The number of benzene rings is 2. The predicted octanol–water partition coefficient (Wildman–Crippen LogP) is 3.32. The van der Waals surface area contributed by atoms with Gasteiger partial charge in [-0.2, -0.15) is 4.31 Å². The molecule has 0 saturated carbocycles. The summed E-state index contributed by atoms with van der Waals surface area (Å²) in [6.07, 6.45) is 0. The summed E-state index contributed by atoms with van der Waals surface area (Å²) in [5.74, 6) is 0. The van der Waals surface area contributed by atoms with Crippen LogP contribution in [0.25, 0.3) is 11.3 Å². The van der Waals surface area contributed by atoms with E-state index in [0.29, 0.717) is 31.1 Å². The molecule has 140 valence electrons. The van der Waals surface area contributed by atoms with E-state index in [1.807, 2.05) is 24.3 Å². The van der Waals surface area contributed by atoms with Crippen molar-refractivity contribution in [3.63, 3.8) is 0 Å². The van der Waals surface area contributed by atoms with E-state index in [4.69, 9.17) is 4.98 Å². The van der Waals surface area contributed by atoms with E-state index in [0.717, 1.165) is 22.8 Å². The van der Waals surface area contributed by atoms with E-state index in [-0.39, 0.29) is 0 Å². The summed E-state index contributed by atoms with van der Waals surface area (Å²) < 4.78 is 27.0. The topological polar surface area (TPSA) is 53.5 Å². The molecular weight excluding hydrogens is 378 g/mol. The van der Waals surface area contributed by atoms with Gasteiger partial charge < -0.3 is 0 Å². The summed E-state index contributed by atoms with van der Waals surface area (Å²) in [7, 11) is -3.40. The van der Waals surface area contributed by atoms with Gasteiger partial charge in [-0.1, -0.05) is 48.5 Å². The predicted molar refractivity (Wildman–Crippen MR) is 108 cm³/mol. The molecule has 0 spiro atoms. The van der Waals surface area contributed by atoms with Crippen molar-refractivity contribution < 1.29 is 8.42 Å². The molecule has 1 aliphatic heterocycles. The van der Waals surface area contributed by atoms with Crippen LogP contribution >= 0.6 is 11.3 Å². The second kappa shape index (κ2) is 7.90. The summed E-state index contributed by atoms with van der Waals surface area (Å²) in [5, 5.41) is 3.15. The molecule has 0 aliphatic carbocycles. The molecular formula is C20H21N3O2S2. The lowest BCUT2D eigenvalue weighted by Crippen LogP contribution is -2.48. The summed E-state index contributed by atoms with van der Waals surface area (Å²) >= 11 is 1.66. The molecule has 0 bridgehead atoms. The summed E-state index contributed by atoms with van der Waals surface area (Å²) in [5.41, 5.74) is 2.12. The first-order valence-corrected chi connectivity index (χ1v) is 11.2. The van der Waals surface area contributed by atoms with Crippen LogP contribution in [0, 0.1) is 0 Å². The molecule has 2 aromatic carbocycles. The molecule has 0 unspecified atom stereocenters. The van der Waals surface area contributed by atoms with Crippen LogP contribution in [0.2, 0.25) is 0 Å². The van der Waals surface area contributed by atoms with E-state index >= 15 is 0 Å². The van der Waals surface area contributed by atoms with Crippen molar-refractivity contribution in [2.75, 3.05) is 26.2 Å². The Labute approximate surface area is 164 Å². The van der Waals surface area contributed by atoms with Gasteiger partial charge in [0, 0.05) is 37.1 Å². The third-order valence-electron chi connectivity index (χ3n) is 4.69. The maximum Gasteiger partial charge on any atom is 0.243 e. The van der Waals surface area contributed by atoms with Crippen LogP contribution in [0.1, 0.15) is 5.01 Å². The van der Waals surface area contributed by atoms with Gasteiger partial charge in [-0.15, -0.1) is 11.3 Å². The van der Waals surface area contributed by atoms with Crippen molar-refractivity contribution in [3.8, 4) is 11.3 Å². The Bertz CT molecular complexity index is 980. The minimum absolute atomic E-state index is 0.367. The maximum absolute atomic E-state index is 12.7.